The van der Waals surface area contributed by atoms with Crippen molar-refractivity contribution >= 4 is 33.3 Å². The molecule has 1 aromatic rings. The average molecular weight is 278 g/mol. The van der Waals surface area contributed by atoms with Crippen LogP contribution in [0.3, 0.4) is 0 Å². The predicted molar refractivity (Wildman–Crippen MR) is 58.3 cm³/mol. The largest absolute Gasteiger partial charge is 0.289 e. The van der Waals surface area contributed by atoms with Crippen molar-refractivity contribution in [2.75, 3.05) is 0 Å². The molecule has 0 spiro atoms. The summed E-state index contributed by atoms with van der Waals surface area (Å²) in [6.07, 6.45) is 0. The van der Waals surface area contributed by atoms with E-state index in [1.165, 1.54) is 19.1 Å². The molecule has 0 aliphatic heterocycles. The highest BCUT2D eigenvalue weighted by atomic mass is 79.9. The monoisotopic (exact) mass is 276 g/mol. The van der Waals surface area contributed by atoms with Crippen LogP contribution in [0, 0.1) is 5.82 Å². The molecule has 1 nitrogen and oxygen atoms in total. The lowest BCUT2D eigenvalue weighted by molar-refractivity contribution is 0.103. The van der Waals surface area contributed by atoms with E-state index < -0.39 is 11.6 Å². The summed E-state index contributed by atoms with van der Waals surface area (Å²) in [6, 6.07) is 2.91. The van der Waals surface area contributed by atoms with Crippen LogP contribution >= 0.6 is 27.5 Å². The number of hydrogen-bond donors (Lipinski definition) is 0. The number of rotatable bonds is 2. The third-order valence-electron chi connectivity index (χ3n) is 1.67. The quantitative estimate of drug-likeness (QED) is 0.454. The SMILES string of the molecule is C=C(C)C(=O)c1ccc(Br)c(Cl)c1F. The minimum atomic E-state index is -0.714. The van der Waals surface area contributed by atoms with Crippen LogP contribution in [-0.2, 0) is 0 Å². The number of halogens is 3. The molecule has 0 fully saturated rings. The van der Waals surface area contributed by atoms with Crippen LogP contribution in [0.4, 0.5) is 4.39 Å². The molecule has 0 aliphatic carbocycles. The van der Waals surface area contributed by atoms with E-state index in [1.807, 2.05) is 0 Å². The van der Waals surface area contributed by atoms with Crippen molar-refractivity contribution in [1.82, 2.24) is 0 Å². The first-order valence-corrected chi connectivity index (χ1v) is 4.96. The molecular weight excluding hydrogens is 270 g/mol. The Morgan fingerprint density at radius 3 is 2.64 bits per heavy atom. The van der Waals surface area contributed by atoms with Crippen LogP contribution in [0.2, 0.25) is 5.02 Å². The summed E-state index contributed by atoms with van der Waals surface area (Å²) in [5.41, 5.74) is 0.230. The van der Waals surface area contributed by atoms with Gasteiger partial charge in [-0.2, -0.15) is 0 Å². The lowest BCUT2D eigenvalue weighted by Gasteiger charge is -2.04. The van der Waals surface area contributed by atoms with Gasteiger partial charge in [-0.25, -0.2) is 4.39 Å². The van der Waals surface area contributed by atoms with E-state index in [1.54, 1.807) is 0 Å². The number of allylic oxidation sites excluding steroid dienone is 1. The molecule has 0 heterocycles. The van der Waals surface area contributed by atoms with Crippen molar-refractivity contribution < 1.29 is 9.18 Å². The Balaban J connectivity index is 3.31. The number of benzene rings is 1. The van der Waals surface area contributed by atoms with Gasteiger partial charge in [-0.15, -0.1) is 0 Å². The third-order valence-corrected chi connectivity index (χ3v) is 2.93. The van der Waals surface area contributed by atoms with Gasteiger partial charge in [0.2, 0.25) is 0 Å². The van der Waals surface area contributed by atoms with E-state index in [0.717, 1.165) is 0 Å². The Labute approximate surface area is 94.7 Å². The number of carbonyl (C=O) groups excluding carboxylic acids is 1. The van der Waals surface area contributed by atoms with Crippen molar-refractivity contribution in [3.05, 3.63) is 45.2 Å². The minimum Gasteiger partial charge on any atom is -0.289 e. The summed E-state index contributed by atoms with van der Waals surface area (Å²) >= 11 is 8.69. The topological polar surface area (TPSA) is 17.1 Å². The fraction of sp³-hybridized carbons (Fsp3) is 0.100. The Morgan fingerprint density at radius 2 is 2.14 bits per heavy atom. The smallest absolute Gasteiger partial charge is 0.191 e. The molecule has 0 saturated carbocycles. The third kappa shape index (κ3) is 2.04. The minimum absolute atomic E-state index is 0.0503. The molecule has 0 aliphatic rings. The van der Waals surface area contributed by atoms with Crippen molar-refractivity contribution in [3.8, 4) is 0 Å². The molecule has 0 saturated heterocycles. The fourth-order valence-electron chi connectivity index (χ4n) is 0.931. The second-order valence-electron chi connectivity index (χ2n) is 2.83. The fourth-order valence-corrected chi connectivity index (χ4v) is 1.40. The van der Waals surface area contributed by atoms with Gasteiger partial charge in [-0.1, -0.05) is 18.2 Å². The first-order valence-electron chi connectivity index (χ1n) is 3.79. The second-order valence-corrected chi connectivity index (χ2v) is 4.06. The zero-order valence-electron chi connectivity index (χ0n) is 7.40. The summed E-state index contributed by atoms with van der Waals surface area (Å²) in [6.45, 7) is 4.98. The Kier molecular flexibility index (Phi) is 3.45. The van der Waals surface area contributed by atoms with Gasteiger partial charge >= 0.3 is 0 Å². The van der Waals surface area contributed by atoms with E-state index in [2.05, 4.69) is 22.5 Å². The van der Waals surface area contributed by atoms with Gasteiger partial charge < -0.3 is 0 Å². The summed E-state index contributed by atoms with van der Waals surface area (Å²) in [4.78, 5) is 11.4. The molecule has 74 valence electrons. The number of hydrogen-bond acceptors (Lipinski definition) is 1. The van der Waals surface area contributed by atoms with E-state index in [4.69, 9.17) is 11.6 Å². The number of ketones is 1. The lowest BCUT2D eigenvalue weighted by atomic mass is 10.1. The molecule has 14 heavy (non-hydrogen) atoms. The van der Waals surface area contributed by atoms with E-state index in [-0.39, 0.29) is 16.2 Å². The van der Waals surface area contributed by atoms with Crippen molar-refractivity contribution in [3.63, 3.8) is 0 Å². The van der Waals surface area contributed by atoms with E-state index in [9.17, 15) is 9.18 Å². The molecule has 4 heteroatoms. The maximum Gasteiger partial charge on any atom is 0.191 e. The molecule has 0 amide bonds. The van der Waals surface area contributed by atoms with Crippen LogP contribution in [-0.4, -0.2) is 5.78 Å². The van der Waals surface area contributed by atoms with Gasteiger partial charge in [0.1, 0.15) is 0 Å². The van der Waals surface area contributed by atoms with Crippen LogP contribution in [0.1, 0.15) is 17.3 Å². The van der Waals surface area contributed by atoms with Crippen LogP contribution < -0.4 is 0 Å². The molecule has 1 aromatic carbocycles. The highest BCUT2D eigenvalue weighted by Gasteiger charge is 2.16. The van der Waals surface area contributed by atoms with Gasteiger partial charge in [-0.05, 0) is 40.6 Å². The van der Waals surface area contributed by atoms with Crippen LogP contribution in [0.15, 0.2) is 28.8 Å². The lowest BCUT2D eigenvalue weighted by Crippen LogP contribution is -2.03. The first-order chi connectivity index (χ1) is 6.45. The molecule has 0 N–H and O–H groups in total. The summed E-state index contributed by atoms with van der Waals surface area (Å²) in [7, 11) is 0. The molecule has 1 rings (SSSR count). The predicted octanol–water partition coefficient (Wildman–Crippen LogP) is 4.00. The van der Waals surface area contributed by atoms with Gasteiger partial charge in [0.25, 0.3) is 0 Å². The van der Waals surface area contributed by atoms with Gasteiger partial charge in [0.05, 0.1) is 10.6 Å². The Bertz CT molecular complexity index is 415. The Hall–Kier alpha value is -0.670. The summed E-state index contributed by atoms with van der Waals surface area (Å²) in [5, 5.41) is -0.0860. The highest BCUT2D eigenvalue weighted by Crippen LogP contribution is 2.28. The van der Waals surface area contributed by atoms with Crippen molar-refractivity contribution in [2.24, 2.45) is 0 Å². The average Bonchev–Trinajstić information content (AvgIpc) is 2.13. The maximum atomic E-state index is 13.4. The molecule has 0 bridgehead atoms. The van der Waals surface area contributed by atoms with Crippen LogP contribution in [0.5, 0.6) is 0 Å². The van der Waals surface area contributed by atoms with Gasteiger partial charge in [0, 0.05) is 4.47 Å². The zero-order valence-corrected chi connectivity index (χ0v) is 9.75. The first kappa shape index (κ1) is 11.4. The van der Waals surface area contributed by atoms with Gasteiger partial charge in [0.15, 0.2) is 11.6 Å². The van der Waals surface area contributed by atoms with Crippen molar-refractivity contribution in [1.29, 1.82) is 0 Å². The standard InChI is InChI=1S/C10H7BrClFO/c1-5(2)10(14)6-3-4-7(11)8(12)9(6)13/h3-4H,1H2,2H3. The zero-order chi connectivity index (χ0) is 10.9. The van der Waals surface area contributed by atoms with Crippen LogP contribution in [0.25, 0.3) is 0 Å². The van der Waals surface area contributed by atoms with Gasteiger partial charge in [-0.3, -0.25) is 4.79 Å². The maximum absolute atomic E-state index is 13.4. The number of Topliss-reactive ketones (excluding diaryl/α,β-unsaturated/α-hetero) is 1. The van der Waals surface area contributed by atoms with E-state index in [0.29, 0.717) is 4.47 Å². The molecule has 0 radical (unpaired) electrons. The van der Waals surface area contributed by atoms with Crippen molar-refractivity contribution in [2.45, 2.75) is 6.92 Å². The Morgan fingerprint density at radius 1 is 1.57 bits per heavy atom. The molecular formula is C10H7BrClFO. The molecule has 0 unspecified atom stereocenters. The second kappa shape index (κ2) is 4.24. The summed E-state index contributed by atoms with van der Waals surface area (Å²) in [5.74, 6) is -1.15. The summed E-state index contributed by atoms with van der Waals surface area (Å²) < 4.78 is 13.9. The highest BCUT2D eigenvalue weighted by molar-refractivity contribution is 9.10. The normalized spacial score (nSPS) is 10.0. The molecule has 0 atom stereocenters. The molecule has 0 aromatic heterocycles. The van der Waals surface area contributed by atoms with E-state index >= 15 is 0 Å². The number of carbonyl (C=O) groups is 1.